The Morgan fingerprint density at radius 1 is 0.846 bits per heavy atom. The van der Waals surface area contributed by atoms with Crippen molar-refractivity contribution in [3.8, 4) is 0 Å². The monoisotopic (exact) mass is 524 g/mol. The van der Waals surface area contributed by atoms with Crippen LogP contribution in [-0.4, -0.2) is 41.8 Å². The summed E-state index contributed by atoms with van der Waals surface area (Å²) in [5, 5.41) is 18.2. The molecule has 0 aliphatic rings. The van der Waals surface area contributed by atoms with Crippen LogP contribution < -0.4 is 15.5 Å². The lowest BCUT2D eigenvalue weighted by Crippen LogP contribution is -2.53. The van der Waals surface area contributed by atoms with E-state index in [4.69, 9.17) is 0 Å². The highest BCUT2D eigenvalue weighted by molar-refractivity contribution is 6.08. The summed E-state index contributed by atoms with van der Waals surface area (Å²) in [6, 6.07) is 25.7. The number of nitrogens with zero attached hydrogens (tertiary/aromatic N) is 2. The zero-order valence-corrected chi connectivity index (χ0v) is 21.5. The number of anilines is 1. The second-order valence-corrected chi connectivity index (χ2v) is 9.14. The van der Waals surface area contributed by atoms with Crippen LogP contribution in [0.3, 0.4) is 0 Å². The van der Waals surface area contributed by atoms with Gasteiger partial charge in [0.1, 0.15) is 12.1 Å². The normalized spacial score (nSPS) is 12.3. The molecule has 4 aromatic rings. The summed E-state index contributed by atoms with van der Waals surface area (Å²) in [5.74, 6) is -1.33. The van der Waals surface area contributed by atoms with Crippen LogP contribution in [0, 0.1) is 10.1 Å². The highest BCUT2D eigenvalue weighted by Gasteiger charge is 2.27. The van der Waals surface area contributed by atoms with Crippen LogP contribution in [0.15, 0.2) is 97.1 Å². The van der Waals surface area contributed by atoms with Crippen molar-refractivity contribution in [1.82, 2.24) is 10.6 Å². The third-order valence-electron chi connectivity index (χ3n) is 6.45. The first-order valence-electron chi connectivity index (χ1n) is 12.4. The quantitative estimate of drug-likeness (QED) is 0.250. The molecular weight excluding hydrogens is 496 g/mol. The summed E-state index contributed by atoms with van der Waals surface area (Å²) in [6.07, 6.45) is 0.0652. The van der Waals surface area contributed by atoms with E-state index in [1.54, 1.807) is 50.4 Å². The van der Waals surface area contributed by atoms with Gasteiger partial charge in [-0.15, -0.1) is 0 Å². The predicted molar refractivity (Wildman–Crippen MR) is 149 cm³/mol. The number of nitro benzene ring substituents is 1. The van der Waals surface area contributed by atoms with Gasteiger partial charge in [0.15, 0.2) is 0 Å². The van der Waals surface area contributed by atoms with E-state index >= 15 is 0 Å². The van der Waals surface area contributed by atoms with E-state index in [0.717, 1.165) is 10.8 Å². The lowest BCUT2D eigenvalue weighted by molar-refractivity contribution is -0.384. The molecule has 0 spiro atoms. The van der Waals surface area contributed by atoms with Gasteiger partial charge in [-0.3, -0.25) is 24.5 Å². The van der Waals surface area contributed by atoms with Gasteiger partial charge in [0.25, 0.3) is 11.6 Å². The van der Waals surface area contributed by atoms with Gasteiger partial charge in [0.05, 0.1) is 4.92 Å². The fraction of sp³-hybridized carbons (Fsp3) is 0.167. The Labute approximate surface area is 225 Å². The predicted octanol–water partition coefficient (Wildman–Crippen LogP) is 4.26. The van der Waals surface area contributed by atoms with Crippen LogP contribution in [0.4, 0.5) is 11.4 Å². The van der Waals surface area contributed by atoms with E-state index in [0.29, 0.717) is 16.8 Å². The highest BCUT2D eigenvalue weighted by atomic mass is 16.6. The minimum atomic E-state index is -1.05. The van der Waals surface area contributed by atoms with Gasteiger partial charge >= 0.3 is 0 Å². The van der Waals surface area contributed by atoms with Crippen LogP contribution in [0.5, 0.6) is 0 Å². The summed E-state index contributed by atoms with van der Waals surface area (Å²) in [6.45, 7) is 1.58. The van der Waals surface area contributed by atoms with Crippen molar-refractivity contribution in [3.63, 3.8) is 0 Å². The number of benzene rings is 4. The summed E-state index contributed by atoms with van der Waals surface area (Å²) in [7, 11) is 1.62. The number of nitro groups is 1. The molecule has 2 atom stereocenters. The molecule has 0 aliphatic carbocycles. The van der Waals surface area contributed by atoms with Crippen LogP contribution in [0.1, 0.15) is 22.8 Å². The number of nitrogens with one attached hydrogen (secondary N) is 2. The minimum Gasteiger partial charge on any atom is -0.343 e. The zero-order valence-electron chi connectivity index (χ0n) is 21.5. The molecule has 0 aliphatic heterocycles. The first-order valence-corrected chi connectivity index (χ1v) is 12.4. The molecule has 0 aromatic heterocycles. The van der Waals surface area contributed by atoms with Gasteiger partial charge in [-0.1, -0.05) is 66.7 Å². The minimum absolute atomic E-state index is 0.0652. The number of carbonyl (C=O) groups is 3. The molecule has 1 unspecified atom stereocenters. The SMILES string of the molecule is CC(NC(=O)[C@H](Cc1ccc([N+](=O)[O-])cc1)NC(=O)c1cccc2ccccc12)C(=O)N(C)c1ccccc1. The Morgan fingerprint density at radius 3 is 2.18 bits per heavy atom. The van der Waals surface area contributed by atoms with Gasteiger partial charge in [0, 0.05) is 36.9 Å². The maximum Gasteiger partial charge on any atom is 0.269 e. The number of para-hydroxylation sites is 1. The van der Waals surface area contributed by atoms with E-state index in [1.807, 2.05) is 48.5 Å². The molecule has 198 valence electrons. The molecule has 0 saturated heterocycles. The Morgan fingerprint density at radius 2 is 1.49 bits per heavy atom. The summed E-state index contributed by atoms with van der Waals surface area (Å²) < 4.78 is 0. The number of carbonyl (C=O) groups excluding carboxylic acids is 3. The lowest BCUT2D eigenvalue weighted by Gasteiger charge is -2.25. The second kappa shape index (κ2) is 12.0. The maximum absolute atomic E-state index is 13.4. The highest BCUT2D eigenvalue weighted by Crippen LogP contribution is 2.19. The number of hydrogen-bond donors (Lipinski definition) is 2. The van der Waals surface area contributed by atoms with Crippen LogP contribution in [-0.2, 0) is 16.0 Å². The number of amides is 3. The van der Waals surface area contributed by atoms with E-state index in [-0.39, 0.29) is 18.0 Å². The van der Waals surface area contributed by atoms with Crippen molar-refractivity contribution in [2.75, 3.05) is 11.9 Å². The zero-order chi connectivity index (χ0) is 27.9. The second-order valence-electron chi connectivity index (χ2n) is 9.14. The first-order chi connectivity index (χ1) is 18.7. The number of rotatable bonds is 9. The van der Waals surface area contributed by atoms with E-state index < -0.39 is 28.8 Å². The molecule has 4 rings (SSSR count). The maximum atomic E-state index is 13.4. The van der Waals surface area contributed by atoms with Gasteiger partial charge in [-0.05, 0) is 41.5 Å². The standard InChI is InChI=1S/C30H28N4O5/c1-20(30(37)33(2)23-11-4-3-5-12-23)31-29(36)27(19-21-15-17-24(18-16-21)34(38)39)32-28(35)26-14-8-10-22-9-6-7-13-25(22)26/h3-18,20,27H,19H2,1-2H3,(H,31,36)(H,32,35)/t20?,27-/m0/s1. The fourth-order valence-corrected chi connectivity index (χ4v) is 4.30. The molecule has 0 saturated carbocycles. The van der Waals surface area contributed by atoms with E-state index in [9.17, 15) is 24.5 Å². The molecule has 3 amide bonds. The van der Waals surface area contributed by atoms with Gasteiger partial charge in [-0.25, -0.2) is 0 Å². The van der Waals surface area contributed by atoms with Gasteiger partial charge in [0.2, 0.25) is 11.8 Å². The molecule has 0 radical (unpaired) electrons. The largest absolute Gasteiger partial charge is 0.343 e. The van der Waals surface area contributed by atoms with Crippen LogP contribution in [0.25, 0.3) is 10.8 Å². The summed E-state index contributed by atoms with van der Waals surface area (Å²) in [5.41, 5.74) is 1.61. The fourth-order valence-electron chi connectivity index (χ4n) is 4.30. The van der Waals surface area contributed by atoms with Crippen molar-refractivity contribution < 1.29 is 19.3 Å². The van der Waals surface area contributed by atoms with Crippen LogP contribution >= 0.6 is 0 Å². The Balaban J connectivity index is 1.56. The Bertz CT molecular complexity index is 1500. The number of likely N-dealkylation sites (N-methyl/N-ethyl adjacent to an activating group) is 1. The summed E-state index contributed by atoms with van der Waals surface area (Å²) in [4.78, 5) is 51.8. The van der Waals surface area contributed by atoms with Crippen molar-refractivity contribution in [2.24, 2.45) is 0 Å². The van der Waals surface area contributed by atoms with Gasteiger partial charge in [-0.2, -0.15) is 0 Å². The van der Waals surface area contributed by atoms with E-state index in [1.165, 1.54) is 17.0 Å². The Kier molecular flexibility index (Phi) is 8.30. The van der Waals surface area contributed by atoms with Crippen molar-refractivity contribution in [2.45, 2.75) is 25.4 Å². The number of fused-ring (bicyclic) bond motifs is 1. The third kappa shape index (κ3) is 6.45. The average Bonchev–Trinajstić information content (AvgIpc) is 2.96. The average molecular weight is 525 g/mol. The molecule has 4 aromatic carbocycles. The molecule has 9 heteroatoms. The summed E-state index contributed by atoms with van der Waals surface area (Å²) >= 11 is 0. The third-order valence-corrected chi connectivity index (χ3v) is 6.45. The molecule has 0 heterocycles. The molecule has 2 N–H and O–H groups in total. The van der Waals surface area contributed by atoms with E-state index in [2.05, 4.69) is 10.6 Å². The van der Waals surface area contributed by atoms with Crippen molar-refractivity contribution >= 4 is 39.9 Å². The first kappa shape index (κ1) is 27.0. The van der Waals surface area contributed by atoms with Crippen LogP contribution in [0.2, 0.25) is 0 Å². The number of hydrogen-bond acceptors (Lipinski definition) is 5. The molecular formula is C30H28N4O5. The van der Waals surface area contributed by atoms with Crippen molar-refractivity contribution in [3.05, 3.63) is 118 Å². The number of non-ortho nitro benzene ring substituents is 1. The lowest BCUT2D eigenvalue weighted by atomic mass is 10.0. The van der Waals surface area contributed by atoms with Crippen molar-refractivity contribution in [1.29, 1.82) is 0 Å². The topological polar surface area (TPSA) is 122 Å². The molecule has 0 fully saturated rings. The smallest absolute Gasteiger partial charge is 0.269 e. The molecule has 9 nitrogen and oxygen atoms in total. The Hall–Kier alpha value is -5.05. The molecule has 39 heavy (non-hydrogen) atoms. The van der Waals surface area contributed by atoms with Gasteiger partial charge < -0.3 is 15.5 Å². The molecule has 0 bridgehead atoms.